The third-order valence-electron chi connectivity index (χ3n) is 1.49. The Kier molecular flexibility index (Phi) is 5.07. The minimum atomic E-state index is -0.525. The number of rotatable bonds is 5. The Labute approximate surface area is 79.4 Å². The molecule has 0 aliphatic rings. The Morgan fingerprint density at radius 2 is 2.23 bits per heavy atom. The summed E-state index contributed by atoms with van der Waals surface area (Å²) in [5, 5.41) is 9.12. The van der Waals surface area contributed by atoms with Crippen LogP contribution in [0.1, 0.15) is 13.8 Å². The molecule has 0 aliphatic heterocycles. The van der Waals surface area contributed by atoms with Gasteiger partial charge in [0.1, 0.15) is 0 Å². The quantitative estimate of drug-likeness (QED) is 0.509. The first-order valence-corrected chi connectivity index (χ1v) is 4.22. The Bertz CT molecular complexity index is 209. The largest absolute Gasteiger partial charge is 0.392 e. The molecule has 0 aromatic carbocycles. The van der Waals surface area contributed by atoms with Crippen molar-refractivity contribution in [2.75, 3.05) is 13.1 Å². The molecule has 74 valence electrons. The Balaban J connectivity index is 4.31. The normalized spacial score (nSPS) is 11.9. The van der Waals surface area contributed by atoms with Crippen LogP contribution in [0.5, 0.6) is 0 Å². The van der Waals surface area contributed by atoms with Crippen LogP contribution in [0.4, 0.5) is 0 Å². The highest BCUT2D eigenvalue weighted by Crippen LogP contribution is 2.00. The van der Waals surface area contributed by atoms with Crippen molar-refractivity contribution in [3.63, 3.8) is 0 Å². The molecule has 0 saturated heterocycles. The second kappa shape index (κ2) is 5.54. The number of amides is 1. The maximum atomic E-state index is 11.4. The summed E-state index contributed by atoms with van der Waals surface area (Å²) in [6.07, 6.45) is 1.10. The predicted molar refractivity (Wildman–Crippen MR) is 53.3 cm³/mol. The van der Waals surface area contributed by atoms with Crippen molar-refractivity contribution in [3.8, 4) is 0 Å². The number of aliphatic hydroxyl groups excluding tert-OH is 1. The molecule has 0 rings (SSSR count). The summed E-state index contributed by atoms with van der Waals surface area (Å²) >= 11 is 0. The van der Waals surface area contributed by atoms with E-state index in [1.807, 2.05) is 0 Å². The lowest BCUT2D eigenvalue weighted by Crippen LogP contribution is -2.36. The minimum Gasteiger partial charge on any atom is -0.392 e. The molecule has 3 nitrogen and oxygen atoms in total. The van der Waals surface area contributed by atoms with E-state index < -0.39 is 6.10 Å². The third-order valence-corrected chi connectivity index (χ3v) is 1.49. The molecule has 1 amide bonds. The number of aliphatic hydroxyl groups is 1. The van der Waals surface area contributed by atoms with Crippen LogP contribution >= 0.6 is 0 Å². The van der Waals surface area contributed by atoms with Crippen LogP contribution in [0.2, 0.25) is 0 Å². The van der Waals surface area contributed by atoms with Gasteiger partial charge in [-0.25, -0.2) is 0 Å². The topological polar surface area (TPSA) is 40.5 Å². The second-order valence-corrected chi connectivity index (χ2v) is 3.13. The van der Waals surface area contributed by atoms with Gasteiger partial charge >= 0.3 is 0 Å². The van der Waals surface area contributed by atoms with Gasteiger partial charge in [-0.3, -0.25) is 4.79 Å². The Morgan fingerprint density at radius 1 is 1.69 bits per heavy atom. The van der Waals surface area contributed by atoms with Crippen LogP contribution in [-0.2, 0) is 4.79 Å². The second-order valence-electron chi connectivity index (χ2n) is 3.13. The summed E-state index contributed by atoms with van der Waals surface area (Å²) in [6.45, 7) is 11.2. The number of nitrogens with zero attached hydrogens (tertiary/aromatic N) is 1. The van der Waals surface area contributed by atoms with Crippen molar-refractivity contribution in [3.05, 3.63) is 24.8 Å². The van der Waals surface area contributed by atoms with E-state index in [1.165, 1.54) is 4.90 Å². The van der Waals surface area contributed by atoms with Gasteiger partial charge in [-0.1, -0.05) is 12.7 Å². The molecule has 1 unspecified atom stereocenters. The van der Waals surface area contributed by atoms with Crippen LogP contribution in [0.15, 0.2) is 24.8 Å². The van der Waals surface area contributed by atoms with Crippen LogP contribution < -0.4 is 0 Å². The average molecular weight is 183 g/mol. The predicted octanol–water partition coefficient (Wildman–Crippen LogP) is 0.958. The maximum absolute atomic E-state index is 11.4. The van der Waals surface area contributed by atoms with Crippen LogP contribution in [-0.4, -0.2) is 35.1 Å². The lowest BCUT2D eigenvalue weighted by atomic mass is 10.2. The molecule has 13 heavy (non-hydrogen) atoms. The summed E-state index contributed by atoms with van der Waals surface area (Å²) in [7, 11) is 0. The highest BCUT2D eigenvalue weighted by Gasteiger charge is 2.13. The minimum absolute atomic E-state index is 0.138. The lowest BCUT2D eigenvalue weighted by molar-refractivity contribution is -0.127. The van der Waals surface area contributed by atoms with Crippen LogP contribution in [0, 0.1) is 0 Å². The molecule has 0 aromatic heterocycles. The van der Waals surface area contributed by atoms with Crippen molar-refractivity contribution < 1.29 is 9.90 Å². The summed E-state index contributed by atoms with van der Waals surface area (Å²) in [5.74, 6) is -0.138. The number of carbonyl (C=O) groups is 1. The van der Waals surface area contributed by atoms with E-state index in [1.54, 1.807) is 19.9 Å². The average Bonchev–Trinajstić information content (AvgIpc) is 2.01. The molecule has 0 aliphatic carbocycles. The van der Waals surface area contributed by atoms with Gasteiger partial charge in [0.25, 0.3) is 0 Å². The number of hydrogen-bond acceptors (Lipinski definition) is 2. The molecule has 0 heterocycles. The molecular formula is C10H17NO2. The molecule has 1 atom stereocenters. The summed E-state index contributed by atoms with van der Waals surface area (Å²) in [6, 6.07) is 0. The van der Waals surface area contributed by atoms with Gasteiger partial charge in [0.05, 0.1) is 6.10 Å². The molecule has 0 bridgehead atoms. The van der Waals surface area contributed by atoms with E-state index in [9.17, 15) is 4.79 Å². The van der Waals surface area contributed by atoms with Crippen LogP contribution in [0.3, 0.4) is 0 Å². The highest BCUT2D eigenvalue weighted by molar-refractivity contribution is 5.92. The van der Waals surface area contributed by atoms with E-state index >= 15 is 0 Å². The zero-order chi connectivity index (χ0) is 10.4. The van der Waals surface area contributed by atoms with Crippen LogP contribution in [0.25, 0.3) is 0 Å². The van der Waals surface area contributed by atoms with E-state index in [0.29, 0.717) is 18.7 Å². The molecule has 0 fully saturated rings. The fraction of sp³-hybridized carbons (Fsp3) is 0.500. The summed E-state index contributed by atoms with van der Waals surface area (Å²) in [4.78, 5) is 12.9. The number of carbonyl (C=O) groups excluding carboxylic acids is 1. The molecule has 0 radical (unpaired) electrons. The van der Waals surface area contributed by atoms with Gasteiger partial charge < -0.3 is 10.0 Å². The SMILES string of the molecule is C=CCN(CC(C)O)C(=O)C(=C)C. The van der Waals surface area contributed by atoms with Gasteiger partial charge in [-0.2, -0.15) is 0 Å². The maximum Gasteiger partial charge on any atom is 0.249 e. The summed E-state index contributed by atoms with van der Waals surface area (Å²) in [5.41, 5.74) is 0.475. The summed E-state index contributed by atoms with van der Waals surface area (Å²) < 4.78 is 0. The van der Waals surface area contributed by atoms with Gasteiger partial charge in [-0.05, 0) is 13.8 Å². The van der Waals surface area contributed by atoms with E-state index in [2.05, 4.69) is 13.2 Å². The van der Waals surface area contributed by atoms with Gasteiger partial charge in [0, 0.05) is 18.7 Å². The molecule has 3 heteroatoms. The van der Waals surface area contributed by atoms with Gasteiger partial charge in [0.15, 0.2) is 0 Å². The highest BCUT2D eigenvalue weighted by atomic mass is 16.3. The Morgan fingerprint density at radius 3 is 2.54 bits per heavy atom. The van der Waals surface area contributed by atoms with Crippen molar-refractivity contribution in [1.82, 2.24) is 4.90 Å². The molecule has 0 spiro atoms. The number of hydrogen-bond donors (Lipinski definition) is 1. The first-order valence-electron chi connectivity index (χ1n) is 4.22. The fourth-order valence-corrected chi connectivity index (χ4v) is 0.985. The molecule has 1 N–H and O–H groups in total. The van der Waals surface area contributed by atoms with Crippen molar-refractivity contribution in [2.45, 2.75) is 20.0 Å². The molecular weight excluding hydrogens is 166 g/mol. The van der Waals surface area contributed by atoms with E-state index in [4.69, 9.17) is 5.11 Å². The fourth-order valence-electron chi connectivity index (χ4n) is 0.985. The first kappa shape index (κ1) is 11.9. The zero-order valence-electron chi connectivity index (χ0n) is 8.29. The first-order chi connectivity index (χ1) is 5.99. The van der Waals surface area contributed by atoms with Crippen molar-refractivity contribution in [1.29, 1.82) is 0 Å². The monoisotopic (exact) mass is 183 g/mol. The van der Waals surface area contributed by atoms with Crippen molar-refractivity contribution in [2.24, 2.45) is 0 Å². The molecule has 0 aromatic rings. The zero-order valence-corrected chi connectivity index (χ0v) is 8.29. The third kappa shape index (κ3) is 4.48. The lowest BCUT2D eigenvalue weighted by Gasteiger charge is -2.22. The van der Waals surface area contributed by atoms with Gasteiger partial charge in [0.2, 0.25) is 5.91 Å². The smallest absolute Gasteiger partial charge is 0.249 e. The van der Waals surface area contributed by atoms with E-state index in [-0.39, 0.29) is 5.91 Å². The van der Waals surface area contributed by atoms with E-state index in [0.717, 1.165) is 0 Å². The standard InChI is InChI=1S/C10H17NO2/c1-5-6-11(7-9(4)12)10(13)8(2)3/h5,9,12H,1-2,6-7H2,3-4H3. The Hall–Kier alpha value is -1.09. The molecule has 0 saturated carbocycles. The van der Waals surface area contributed by atoms with Crippen molar-refractivity contribution >= 4 is 5.91 Å². The van der Waals surface area contributed by atoms with Gasteiger partial charge in [-0.15, -0.1) is 6.58 Å².